The van der Waals surface area contributed by atoms with Crippen molar-refractivity contribution < 1.29 is 57.7 Å². The Balaban J connectivity index is 1.51. The SMILES string of the molecule is CC(C)(C)OC(=O)NCCN(C(=O)OC(C)(C)C)C1=N[C@@H](c2ccc(OCC(ON3C(=O)c4ccccc4C3=O)C(=O)OC(C)(C)C)cc2)CN1C(=O)O. The van der Waals surface area contributed by atoms with Gasteiger partial charge in [-0.3, -0.25) is 9.59 Å². The number of aliphatic imine (C=N–C) groups is 1. The van der Waals surface area contributed by atoms with Gasteiger partial charge in [-0.2, -0.15) is 0 Å². The van der Waals surface area contributed by atoms with Crippen molar-refractivity contribution in [1.29, 1.82) is 0 Å². The molecule has 0 spiro atoms. The maximum atomic E-state index is 13.3. The van der Waals surface area contributed by atoms with Crippen molar-refractivity contribution >= 4 is 42.0 Å². The Kier molecular flexibility index (Phi) is 12.3. The highest BCUT2D eigenvalue weighted by Crippen LogP contribution is 2.29. The first-order valence-corrected chi connectivity index (χ1v) is 17.2. The summed E-state index contributed by atoms with van der Waals surface area (Å²) in [4.78, 5) is 89.1. The molecule has 1 unspecified atom stereocenters. The van der Waals surface area contributed by atoms with Gasteiger partial charge in [-0.05, 0) is 92.1 Å². The minimum atomic E-state index is -1.51. The van der Waals surface area contributed by atoms with Crippen molar-refractivity contribution in [2.75, 3.05) is 26.2 Å². The van der Waals surface area contributed by atoms with Crippen LogP contribution in [0, 0.1) is 0 Å². The quantitative estimate of drug-likeness (QED) is 0.184. The Hall–Kier alpha value is -5.71. The van der Waals surface area contributed by atoms with Gasteiger partial charge >= 0.3 is 24.2 Å². The summed E-state index contributed by atoms with van der Waals surface area (Å²) in [6, 6.07) is 11.8. The number of carboxylic acid groups (broad SMARTS) is 1. The number of esters is 1. The van der Waals surface area contributed by atoms with E-state index in [0.717, 1.165) is 9.80 Å². The first-order valence-electron chi connectivity index (χ1n) is 17.2. The van der Waals surface area contributed by atoms with Crippen LogP contribution in [0.1, 0.15) is 94.6 Å². The third kappa shape index (κ3) is 10.9. The number of amides is 5. The van der Waals surface area contributed by atoms with E-state index in [9.17, 15) is 33.9 Å². The molecule has 2 aromatic carbocycles. The molecule has 2 N–H and O–H groups in total. The van der Waals surface area contributed by atoms with Crippen LogP contribution in [0.2, 0.25) is 0 Å². The van der Waals surface area contributed by atoms with Crippen LogP contribution >= 0.6 is 0 Å². The van der Waals surface area contributed by atoms with E-state index in [1.54, 1.807) is 98.7 Å². The van der Waals surface area contributed by atoms with Crippen LogP contribution in [0.5, 0.6) is 5.75 Å². The van der Waals surface area contributed by atoms with E-state index >= 15 is 0 Å². The lowest BCUT2D eigenvalue weighted by Crippen LogP contribution is -2.51. The number of carbonyl (C=O) groups excluding carboxylic acids is 5. The Morgan fingerprint density at radius 1 is 0.852 bits per heavy atom. The zero-order valence-corrected chi connectivity index (χ0v) is 31.8. The van der Waals surface area contributed by atoms with Gasteiger partial charge in [-0.25, -0.2) is 38.8 Å². The first kappa shape index (κ1) is 41.1. The maximum Gasteiger partial charge on any atom is 0.417 e. The van der Waals surface area contributed by atoms with Crippen molar-refractivity contribution in [3.05, 3.63) is 65.2 Å². The molecule has 2 aliphatic heterocycles. The number of nitrogens with one attached hydrogen (secondary N) is 1. The van der Waals surface area contributed by atoms with Crippen LogP contribution in [0.3, 0.4) is 0 Å². The predicted molar refractivity (Wildman–Crippen MR) is 192 cm³/mol. The van der Waals surface area contributed by atoms with E-state index in [-0.39, 0.29) is 42.5 Å². The van der Waals surface area contributed by atoms with Crippen LogP contribution in [-0.4, -0.2) is 111 Å². The molecule has 0 saturated heterocycles. The molecule has 0 bridgehead atoms. The largest absolute Gasteiger partial charge is 0.490 e. The molecule has 292 valence electrons. The molecule has 0 saturated carbocycles. The summed E-state index contributed by atoms with van der Waals surface area (Å²) in [5, 5.41) is 13.2. The summed E-state index contributed by atoms with van der Waals surface area (Å²) in [5.41, 5.74) is -1.77. The minimum absolute atomic E-state index is 0.0989. The molecular weight excluding hydrogens is 706 g/mol. The van der Waals surface area contributed by atoms with Crippen LogP contribution < -0.4 is 10.1 Å². The molecule has 0 aromatic heterocycles. The molecule has 0 aliphatic carbocycles. The molecule has 17 heteroatoms. The molecule has 17 nitrogen and oxygen atoms in total. The second-order valence-electron chi connectivity index (χ2n) is 15.4. The molecule has 2 atom stereocenters. The van der Waals surface area contributed by atoms with Gasteiger partial charge in [0.25, 0.3) is 11.8 Å². The molecule has 2 aliphatic rings. The molecule has 2 aromatic rings. The lowest BCUT2D eigenvalue weighted by Gasteiger charge is -2.29. The zero-order chi connectivity index (χ0) is 40.2. The number of fused-ring (bicyclic) bond motifs is 1. The zero-order valence-electron chi connectivity index (χ0n) is 31.8. The normalized spacial score (nSPS) is 16.3. The fraction of sp³-hybridized carbons (Fsp3) is 0.486. The fourth-order valence-electron chi connectivity index (χ4n) is 5.09. The van der Waals surface area contributed by atoms with Gasteiger partial charge in [-0.1, -0.05) is 24.3 Å². The number of nitrogens with zero attached hydrogens (tertiary/aromatic N) is 4. The highest BCUT2D eigenvalue weighted by atomic mass is 16.7. The third-order valence-corrected chi connectivity index (χ3v) is 7.28. The average molecular weight is 754 g/mol. The number of hydroxylamine groups is 2. The second-order valence-corrected chi connectivity index (χ2v) is 15.4. The third-order valence-electron chi connectivity index (χ3n) is 7.28. The molecule has 0 radical (unpaired) electrons. The smallest absolute Gasteiger partial charge is 0.417 e. The molecule has 4 rings (SSSR count). The number of benzene rings is 2. The highest BCUT2D eigenvalue weighted by Gasteiger charge is 2.41. The lowest BCUT2D eigenvalue weighted by atomic mass is 10.1. The van der Waals surface area contributed by atoms with Crippen molar-refractivity contribution in [1.82, 2.24) is 20.2 Å². The standard InChI is InChI=1S/C37H47N5O12/c1-35(2,3)51-30(45)27(54-42-28(43)24-12-10-11-13-25(24)29(42)44)21-50-23-16-14-22(15-17-23)26-20-41(33(47)48)31(39-26)40(34(49)53-37(7,8)9)19-18-38-32(46)52-36(4,5)6/h10-17,26-27H,18-21H2,1-9H3,(H,38,46)(H,47,48)/t26-,27?/m1/s1. The number of alkyl carbamates (subject to hydrolysis) is 1. The minimum Gasteiger partial charge on any atom is -0.490 e. The van der Waals surface area contributed by atoms with E-state index < -0.39 is 71.6 Å². The van der Waals surface area contributed by atoms with Gasteiger partial charge in [0.05, 0.1) is 23.7 Å². The van der Waals surface area contributed by atoms with Crippen LogP contribution in [0.15, 0.2) is 53.5 Å². The number of ether oxygens (including phenoxy) is 4. The predicted octanol–water partition coefficient (Wildman–Crippen LogP) is 5.16. The van der Waals surface area contributed by atoms with E-state index in [4.69, 9.17) is 23.8 Å². The monoisotopic (exact) mass is 753 g/mol. The Labute approximate surface area is 313 Å². The number of imide groups is 1. The summed E-state index contributed by atoms with van der Waals surface area (Å²) in [6.07, 6.45) is -4.47. The van der Waals surface area contributed by atoms with Crippen molar-refractivity contribution in [3.8, 4) is 5.75 Å². The molecule has 2 heterocycles. The van der Waals surface area contributed by atoms with E-state index in [0.29, 0.717) is 10.6 Å². The number of hydrogen-bond donors (Lipinski definition) is 2. The van der Waals surface area contributed by atoms with Gasteiger partial charge in [-0.15, -0.1) is 5.06 Å². The summed E-state index contributed by atoms with van der Waals surface area (Å²) < 4.78 is 22.1. The average Bonchev–Trinajstić information content (AvgIpc) is 3.58. The van der Waals surface area contributed by atoms with Crippen LogP contribution in [-0.2, 0) is 23.8 Å². The van der Waals surface area contributed by atoms with Gasteiger partial charge < -0.3 is 29.4 Å². The van der Waals surface area contributed by atoms with Crippen molar-refractivity contribution in [2.24, 2.45) is 4.99 Å². The van der Waals surface area contributed by atoms with Crippen LogP contribution in [0.25, 0.3) is 0 Å². The van der Waals surface area contributed by atoms with Crippen molar-refractivity contribution in [2.45, 2.75) is 91.3 Å². The fourth-order valence-corrected chi connectivity index (χ4v) is 5.09. The molecule has 0 fully saturated rings. The van der Waals surface area contributed by atoms with Gasteiger partial charge in [0.15, 0.2) is 0 Å². The Bertz CT molecular complexity index is 1750. The topological polar surface area (TPSA) is 203 Å². The molecule has 54 heavy (non-hydrogen) atoms. The highest BCUT2D eigenvalue weighted by molar-refractivity contribution is 6.20. The van der Waals surface area contributed by atoms with E-state index in [2.05, 4.69) is 10.3 Å². The number of guanidine groups is 1. The van der Waals surface area contributed by atoms with Gasteiger partial charge in [0.1, 0.15) is 29.2 Å². The number of rotatable bonds is 10. The lowest BCUT2D eigenvalue weighted by molar-refractivity contribution is -0.193. The van der Waals surface area contributed by atoms with Crippen LogP contribution in [0.4, 0.5) is 14.4 Å². The first-order chi connectivity index (χ1) is 25.0. The summed E-state index contributed by atoms with van der Waals surface area (Å²) in [5.74, 6) is -2.26. The Morgan fingerprint density at radius 2 is 1.41 bits per heavy atom. The molecule has 5 amide bonds. The van der Waals surface area contributed by atoms with Gasteiger partial charge in [0.2, 0.25) is 12.1 Å². The summed E-state index contributed by atoms with van der Waals surface area (Å²) in [7, 11) is 0. The maximum absolute atomic E-state index is 13.3. The Morgan fingerprint density at radius 3 is 1.93 bits per heavy atom. The van der Waals surface area contributed by atoms with Gasteiger partial charge in [0, 0.05) is 13.1 Å². The van der Waals surface area contributed by atoms with Crippen molar-refractivity contribution in [3.63, 3.8) is 0 Å². The van der Waals surface area contributed by atoms with E-state index in [1.165, 1.54) is 12.1 Å². The number of carbonyl (C=O) groups is 6. The van der Waals surface area contributed by atoms with E-state index in [1.807, 2.05) is 0 Å². The summed E-state index contributed by atoms with van der Waals surface area (Å²) in [6.45, 7) is 14.2. The summed E-state index contributed by atoms with van der Waals surface area (Å²) >= 11 is 0. The molecular formula is C37H47N5O12. The second kappa shape index (κ2) is 16.1. The number of hydrogen-bond acceptors (Lipinski definition) is 12.